The highest BCUT2D eigenvalue weighted by atomic mass is 16.6. The van der Waals surface area contributed by atoms with Gasteiger partial charge < -0.3 is 15.7 Å². The van der Waals surface area contributed by atoms with Crippen molar-refractivity contribution in [2.75, 3.05) is 4.90 Å². The number of nitrogens with two attached hydrogens (primary N) is 1. The van der Waals surface area contributed by atoms with Crippen molar-refractivity contribution in [2.24, 2.45) is 5.73 Å². The molecule has 1 amide bonds. The second kappa shape index (κ2) is 7.16. The zero-order valence-corrected chi connectivity index (χ0v) is 13.6. The number of benzene rings is 2. The van der Waals surface area contributed by atoms with Gasteiger partial charge in [-0.3, -0.25) is 19.9 Å². The first-order valence-electron chi connectivity index (χ1n) is 7.78. The molecule has 0 saturated heterocycles. The normalized spacial score (nSPS) is 11.9. The number of aliphatic hydroxyl groups is 1. The zero-order chi connectivity index (χ0) is 18.7. The topological polar surface area (TPSA) is 123 Å². The lowest BCUT2D eigenvalue weighted by atomic mass is 10.1. The van der Waals surface area contributed by atoms with Crippen molar-refractivity contribution in [3.63, 3.8) is 0 Å². The summed E-state index contributed by atoms with van der Waals surface area (Å²) in [6, 6.07) is 14.9. The van der Waals surface area contributed by atoms with Crippen molar-refractivity contribution in [3.8, 4) is 0 Å². The van der Waals surface area contributed by atoms with Crippen LogP contribution in [0.4, 0.5) is 11.4 Å². The van der Waals surface area contributed by atoms with Crippen LogP contribution in [0.25, 0.3) is 10.9 Å². The Balaban J connectivity index is 2.00. The molecule has 3 rings (SSSR count). The van der Waals surface area contributed by atoms with E-state index in [1.54, 1.807) is 36.5 Å². The minimum absolute atomic E-state index is 0.0596. The van der Waals surface area contributed by atoms with E-state index in [1.165, 1.54) is 17.0 Å². The molecule has 1 aromatic heterocycles. The maximum absolute atomic E-state index is 11.5. The summed E-state index contributed by atoms with van der Waals surface area (Å²) in [6.07, 6.45) is 0.0528. The molecule has 1 heterocycles. The van der Waals surface area contributed by atoms with Crippen molar-refractivity contribution >= 4 is 28.2 Å². The zero-order valence-electron chi connectivity index (χ0n) is 13.6. The van der Waals surface area contributed by atoms with Crippen molar-refractivity contribution < 1.29 is 14.8 Å². The first-order chi connectivity index (χ1) is 12.5. The van der Waals surface area contributed by atoms with Crippen LogP contribution in [0, 0.1) is 10.1 Å². The molecule has 3 N–H and O–H groups in total. The van der Waals surface area contributed by atoms with E-state index in [0.717, 1.165) is 5.39 Å². The number of aromatic nitrogens is 1. The molecule has 3 aromatic rings. The van der Waals surface area contributed by atoms with E-state index in [0.29, 0.717) is 16.8 Å². The third kappa shape index (κ3) is 3.60. The number of carbonyl (C=O) groups excluding carboxylic acids is 1. The van der Waals surface area contributed by atoms with Crippen LogP contribution in [0.5, 0.6) is 0 Å². The summed E-state index contributed by atoms with van der Waals surface area (Å²) >= 11 is 0. The summed E-state index contributed by atoms with van der Waals surface area (Å²) in [5.74, 6) is -0.920. The second-order valence-electron chi connectivity index (χ2n) is 5.71. The molecule has 26 heavy (non-hydrogen) atoms. The Kier molecular flexibility index (Phi) is 4.76. The van der Waals surface area contributed by atoms with Crippen LogP contribution in [-0.4, -0.2) is 27.1 Å². The summed E-state index contributed by atoms with van der Waals surface area (Å²) in [7, 11) is 0. The molecule has 132 valence electrons. The molecule has 0 aliphatic rings. The first-order valence-corrected chi connectivity index (χ1v) is 7.78. The van der Waals surface area contributed by atoms with Gasteiger partial charge in [-0.2, -0.15) is 0 Å². The molecule has 1 unspecified atom stereocenters. The lowest BCUT2D eigenvalue weighted by molar-refractivity contribution is -0.384. The Hall–Kier alpha value is -3.52. The molecule has 0 spiro atoms. The van der Waals surface area contributed by atoms with E-state index in [-0.39, 0.29) is 12.2 Å². The van der Waals surface area contributed by atoms with E-state index < -0.39 is 17.1 Å². The van der Waals surface area contributed by atoms with E-state index in [1.807, 2.05) is 12.1 Å². The Bertz CT molecular complexity index is 976. The molecule has 0 radical (unpaired) electrons. The minimum atomic E-state index is -1.59. The average Bonchev–Trinajstić information content (AvgIpc) is 2.65. The van der Waals surface area contributed by atoms with E-state index in [9.17, 15) is 20.0 Å². The van der Waals surface area contributed by atoms with Gasteiger partial charge in [0.15, 0.2) is 0 Å². The second-order valence-corrected chi connectivity index (χ2v) is 5.71. The van der Waals surface area contributed by atoms with E-state index in [4.69, 9.17) is 5.73 Å². The lowest BCUT2D eigenvalue weighted by Crippen LogP contribution is -2.44. The molecule has 0 bridgehead atoms. The number of amides is 1. The number of hydrogen-bond acceptors (Lipinski definition) is 6. The van der Waals surface area contributed by atoms with E-state index in [2.05, 4.69) is 4.98 Å². The molecule has 2 aromatic carbocycles. The molecular weight excluding hydrogens is 336 g/mol. The Morgan fingerprint density at radius 1 is 1.23 bits per heavy atom. The summed E-state index contributed by atoms with van der Waals surface area (Å²) in [4.78, 5) is 27.6. The fourth-order valence-electron chi connectivity index (χ4n) is 2.67. The van der Waals surface area contributed by atoms with Gasteiger partial charge in [0.1, 0.15) is 0 Å². The first kappa shape index (κ1) is 17.3. The Labute approximate surface area is 148 Å². The number of fused-ring (bicyclic) bond motifs is 1. The smallest absolute Gasteiger partial charge is 0.269 e. The monoisotopic (exact) mass is 352 g/mol. The van der Waals surface area contributed by atoms with Crippen LogP contribution in [0.3, 0.4) is 0 Å². The number of nitro groups is 1. The maximum Gasteiger partial charge on any atom is 0.269 e. The van der Waals surface area contributed by atoms with Crippen molar-refractivity contribution in [2.45, 2.75) is 12.8 Å². The SMILES string of the molecule is NC(=O)C(O)N(Cc1cccc([N+](=O)[O-])c1)c1ccc2cccnc2c1. The summed E-state index contributed by atoms with van der Waals surface area (Å²) in [6.45, 7) is 0.0596. The predicted molar refractivity (Wildman–Crippen MR) is 96.2 cm³/mol. The van der Waals surface area contributed by atoms with Gasteiger partial charge in [-0.25, -0.2) is 0 Å². The average molecular weight is 352 g/mol. The number of aliphatic hydroxyl groups excluding tert-OH is 1. The van der Waals surface area contributed by atoms with Crippen LogP contribution >= 0.6 is 0 Å². The van der Waals surface area contributed by atoms with Crippen LogP contribution < -0.4 is 10.6 Å². The highest BCUT2D eigenvalue weighted by Gasteiger charge is 2.22. The number of carbonyl (C=O) groups is 1. The molecular formula is C18H16N4O4. The molecule has 0 fully saturated rings. The quantitative estimate of drug-likeness (QED) is 0.397. The number of primary amides is 1. The number of pyridine rings is 1. The van der Waals surface area contributed by atoms with Crippen molar-refractivity contribution in [1.82, 2.24) is 4.98 Å². The third-order valence-corrected chi connectivity index (χ3v) is 3.95. The number of non-ortho nitro benzene ring substituents is 1. The third-order valence-electron chi connectivity index (χ3n) is 3.95. The molecule has 1 atom stereocenters. The lowest BCUT2D eigenvalue weighted by Gasteiger charge is -2.28. The molecule has 0 aliphatic carbocycles. The van der Waals surface area contributed by atoms with Crippen molar-refractivity contribution in [3.05, 3.63) is 76.5 Å². The Morgan fingerprint density at radius 3 is 2.77 bits per heavy atom. The fourth-order valence-corrected chi connectivity index (χ4v) is 2.67. The van der Waals surface area contributed by atoms with Gasteiger partial charge in [0.05, 0.1) is 10.4 Å². The number of nitrogens with zero attached hydrogens (tertiary/aromatic N) is 3. The number of anilines is 1. The molecule has 8 heteroatoms. The van der Waals surface area contributed by atoms with Gasteiger partial charge in [0.2, 0.25) is 6.23 Å². The molecule has 0 saturated carbocycles. The van der Waals surface area contributed by atoms with Gasteiger partial charge in [0, 0.05) is 35.9 Å². The van der Waals surface area contributed by atoms with Gasteiger partial charge in [-0.05, 0) is 23.8 Å². The van der Waals surface area contributed by atoms with Crippen LogP contribution in [0.15, 0.2) is 60.8 Å². The summed E-state index contributed by atoms with van der Waals surface area (Å²) in [5, 5.41) is 22.1. The van der Waals surface area contributed by atoms with Gasteiger partial charge in [0.25, 0.3) is 11.6 Å². The van der Waals surface area contributed by atoms with Crippen LogP contribution in [0.1, 0.15) is 5.56 Å². The minimum Gasteiger partial charge on any atom is -0.366 e. The van der Waals surface area contributed by atoms with Gasteiger partial charge in [-0.1, -0.05) is 24.3 Å². The highest BCUT2D eigenvalue weighted by Crippen LogP contribution is 2.25. The molecule has 8 nitrogen and oxygen atoms in total. The van der Waals surface area contributed by atoms with Gasteiger partial charge in [-0.15, -0.1) is 0 Å². The predicted octanol–water partition coefficient (Wildman–Crippen LogP) is 1.95. The van der Waals surface area contributed by atoms with Gasteiger partial charge >= 0.3 is 0 Å². The Morgan fingerprint density at radius 2 is 2.04 bits per heavy atom. The highest BCUT2D eigenvalue weighted by molar-refractivity contribution is 5.85. The standard InChI is InChI=1S/C18H16N4O4/c19-17(23)18(24)21(11-12-3-1-5-15(9-12)22(25)26)14-7-6-13-4-2-8-20-16(13)10-14/h1-10,18,24H,11H2,(H2,19,23). The maximum atomic E-state index is 11.5. The van der Waals surface area contributed by atoms with Crippen molar-refractivity contribution in [1.29, 1.82) is 0 Å². The molecule has 0 aliphatic heterocycles. The van der Waals surface area contributed by atoms with Crippen LogP contribution in [0.2, 0.25) is 0 Å². The summed E-state index contributed by atoms with van der Waals surface area (Å²) < 4.78 is 0. The number of rotatable bonds is 6. The van der Waals surface area contributed by atoms with E-state index >= 15 is 0 Å². The fraction of sp³-hybridized carbons (Fsp3) is 0.111. The summed E-state index contributed by atoms with van der Waals surface area (Å²) in [5.41, 5.74) is 6.96. The largest absolute Gasteiger partial charge is 0.366 e. The number of nitro benzene ring substituents is 1. The number of hydrogen-bond donors (Lipinski definition) is 2. The van der Waals surface area contributed by atoms with Crippen LogP contribution in [-0.2, 0) is 11.3 Å².